The monoisotopic (exact) mass is 235 g/mol. The molecule has 0 aliphatic rings. The first-order valence-electron chi connectivity index (χ1n) is 6.53. The number of hydrogen-bond donors (Lipinski definition) is 1. The van der Waals surface area contributed by atoms with Crippen LogP contribution in [-0.2, 0) is 11.3 Å². The molecule has 1 unspecified atom stereocenters. The molecule has 2 nitrogen and oxygen atoms in total. The quantitative estimate of drug-likeness (QED) is 0.782. The number of nitrogens with one attached hydrogen (secondary N) is 1. The molecule has 1 aromatic rings. The molecule has 0 bridgehead atoms. The van der Waals surface area contributed by atoms with Crippen molar-refractivity contribution in [3.63, 3.8) is 0 Å². The van der Waals surface area contributed by atoms with Crippen molar-refractivity contribution < 1.29 is 4.74 Å². The van der Waals surface area contributed by atoms with E-state index in [4.69, 9.17) is 4.74 Å². The molecule has 1 rings (SSSR count). The standard InChI is InChI=1S/C15H25NO/c1-5-17-11-13(4)16-10-14-6-8-15(9-7-14)12(2)3/h6-9,12-13,16H,5,10-11H2,1-4H3. The van der Waals surface area contributed by atoms with E-state index >= 15 is 0 Å². The van der Waals surface area contributed by atoms with Crippen molar-refractivity contribution in [2.75, 3.05) is 13.2 Å². The van der Waals surface area contributed by atoms with Gasteiger partial charge in [-0.25, -0.2) is 0 Å². The minimum Gasteiger partial charge on any atom is -0.380 e. The summed E-state index contributed by atoms with van der Waals surface area (Å²) in [4.78, 5) is 0. The van der Waals surface area contributed by atoms with E-state index in [0.29, 0.717) is 12.0 Å². The molecule has 96 valence electrons. The second-order valence-electron chi connectivity index (χ2n) is 4.84. The summed E-state index contributed by atoms with van der Waals surface area (Å²) in [6, 6.07) is 9.25. The average molecular weight is 235 g/mol. The number of ether oxygens (including phenoxy) is 1. The summed E-state index contributed by atoms with van der Waals surface area (Å²) in [5.74, 6) is 0.605. The summed E-state index contributed by atoms with van der Waals surface area (Å²) in [7, 11) is 0. The van der Waals surface area contributed by atoms with Crippen LogP contribution in [0.3, 0.4) is 0 Å². The lowest BCUT2D eigenvalue weighted by Gasteiger charge is -2.14. The fraction of sp³-hybridized carbons (Fsp3) is 0.600. The minimum atomic E-state index is 0.403. The zero-order valence-electron chi connectivity index (χ0n) is 11.5. The molecule has 0 spiro atoms. The lowest BCUT2D eigenvalue weighted by molar-refractivity contribution is 0.127. The van der Waals surface area contributed by atoms with Gasteiger partial charge in [0.2, 0.25) is 0 Å². The van der Waals surface area contributed by atoms with E-state index < -0.39 is 0 Å². The van der Waals surface area contributed by atoms with Gasteiger partial charge in [-0.3, -0.25) is 0 Å². The van der Waals surface area contributed by atoms with Crippen molar-refractivity contribution in [1.82, 2.24) is 5.32 Å². The molecule has 0 amide bonds. The van der Waals surface area contributed by atoms with Crippen LogP contribution in [0.4, 0.5) is 0 Å². The fourth-order valence-corrected chi connectivity index (χ4v) is 1.67. The Morgan fingerprint density at radius 3 is 2.29 bits per heavy atom. The van der Waals surface area contributed by atoms with Gasteiger partial charge in [-0.2, -0.15) is 0 Å². The summed E-state index contributed by atoms with van der Waals surface area (Å²) in [5, 5.41) is 3.46. The molecule has 1 aromatic carbocycles. The Balaban J connectivity index is 2.36. The first kappa shape index (κ1) is 14.2. The third-order valence-corrected chi connectivity index (χ3v) is 2.87. The first-order valence-corrected chi connectivity index (χ1v) is 6.53. The van der Waals surface area contributed by atoms with Crippen LogP contribution >= 0.6 is 0 Å². The lowest BCUT2D eigenvalue weighted by Crippen LogP contribution is -2.30. The van der Waals surface area contributed by atoms with Crippen molar-refractivity contribution in [2.24, 2.45) is 0 Å². The van der Waals surface area contributed by atoms with Crippen molar-refractivity contribution in [3.05, 3.63) is 35.4 Å². The summed E-state index contributed by atoms with van der Waals surface area (Å²) in [6.45, 7) is 11.1. The summed E-state index contributed by atoms with van der Waals surface area (Å²) in [5.41, 5.74) is 2.73. The molecule has 0 fully saturated rings. The van der Waals surface area contributed by atoms with Crippen molar-refractivity contribution in [1.29, 1.82) is 0 Å². The topological polar surface area (TPSA) is 21.3 Å². The van der Waals surface area contributed by atoms with E-state index in [2.05, 4.69) is 50.4 Å². The molecule has 1 atom stereocenters. The van der Waals surface area contributed by atoms with Gasteiger partial charge < -0.3 is 10.1 Å². The molecule has 17 heavy (non-hydrogen) atoms. The van der Waals surface area contributed by atoms with Gasteiger partial charge >= 0.3 is 0 Å². The van der Waals surface area contributed by atoms with E-state index in [-0.39, 0.29) is 0 Å². The number of rotatable bonds is 7. The Morgan fingerprint density at radius 2 is 1.76 bits per heavy atom. The number of benzene rings is 1. The molecule has 2 heteroatoms. The van der Waals surface area contributed by atoms with Crippen LogP contribution in [0.2, 0.25) is 0 Å². The zero-order valence-corrected chi connectivity index (χ0v) is 11.5. The molecule has 0 aliphatic carbocycles. The maximum atomic E-state index is 5.37. The Kier molecular flexibility index (Phi) is 6.23. The van der Waals surface area contributed by atoms with Crippen LogP contribution in [0.1, 0.15) is 44.7 Å². The lowest BCUT2D eigenvalue weighted by atomic mass is 10.0. The van der Waals surface area contributed by atoms with E-state index in [1.54, 1.807) is 0 Å². The summed E-state index contributed by atoms with van der Waals surface area (Å²) in [6.07, 6.45) is 0. The molecule has 0 heterocycles. The van der Waals surface area contributed by atoms with E-state index in [1.807, 2.05) is 6.92 Å². The summed E-state index contributed by atoms with van der Waals surface area (Å²) >= 11 is 0. The molecule has 0 aliphatic heterocycles. The average Bonchev–Trinajstić information content (AvgIpc) is 2.34. The highest BCUT2D eigenvalue weighted by Gasteiger charge is 2.02. The van der Waals surface area contributed by atoms with Crippen LogP contribution in [0, 0.1) is 0 Å². The van der Waals surface area contributed by atoms with Gasteiger partial charge in [0.15, 0.2) is 0 Å². The largest absolute Gasteiger partial charge is 0.380 e. The highest BCUT2D eigenvalue weighted by atomic mass is 16.5. The highest BCUT2D eigenvalue weighted by molar-refractivity contribution is 5.24. The van der Waals surface area contributed by atoms with E-state index in [0.717, 1.165) is 19.8 Å². The predicted octanol–water partition coefficient (Wildman–Crippen LogP) is 3.32. The maximum Gasteiger partial charge on any atom is 0.0616 e. The highest BCUT2D eigenvalue weighted by Crippen LogP contribution is 2.14. The van der Waals surface area contributed by atoms with Gasteiger partial charge in [0.1, 0.15) is 0 Å². The second kappa shape index (κ2) is 7.46. The Morgan fingerprint density at radius 1 is 1.12 bits per heavy atom. The normalized spacial score (nSPS) is 13.0. The van der Waals surface area contributed by atoms with E-state index in [1.165, 1.54) is 11.1 Å². The molecule has 0 radical (unpaired) electrons. The van der Waals surface area contributed by atoms with Crippen molar-refractivity contribution in [3.8, 4) is 0 Å². The Bertz CT molecular complexity index is 305. The van der Waals surface area contributed by atoms with Gasteiger partial charge in [0, 0.05) is 19.2 Å². The van der Waals surface area contributed by atoms with Crippen LogP contribution < -0.4 is 5.32 Å². The number of hydrogen-bond acceptors (Lipinski definition) is 2. The summed E-state index contributed by atoms with van der Waals surface area (Å²) < 4.78 is 5.37. The van der Waals surface area contributed by atoms with Gasteiger partial charge in [0.25, 0.3) is 0 Å². The van der Waals surface area contributed by atoms with Crippen molar-refractivity contribution >= 4 is 0 Å². The molecular formula is C15H25NO. The Labute approximate surface area is 105 Å². The van der Waals surface area contributed by atoms with Gasteiger partial charge in [-0.05, 0) is 30.9 Å². The van der Waals surface area contributed by atoms with E-state index in [9.17, 15) is 0 Å². The fourth-order valence-electron chi connectivity index (χ4n) is 1.67. The van der Waals surface area contributed by atoms with Gasteiger partial charge in [-0.15, -0.1) is 0 Å². The first-order chi connectivity index (χ1) is 8.13. The van der Waals surface area contributed by atoms with Gasteiger partial charge in [0.05, 0.1) is 6.61 Å². The van der Waals surface area contributed by atoms with Crippen LogP contribution in [0.15, 0.2) is 24.3 Å². The smallest absolute Gasteiger partial charge is 0.0616 e. The molecule has 0 saturated heterocycles. The maximum absolute atomic E-state index is 5.37. The van der Waals surface area contributed by atoms with Crippen LogP contribution in [-0.4, -0.2) is 19.3 Å². The molecule has 0 aromatic heterocycles. The van der Waals surface area contributed by atoms with Crippen molar-refractivity contribution in [2.45, 2.75) is 46.2 Å². The second-order valence-corrected chi connectivity index (χ2v) is 4.84. The zero-order chi connectivity index (χ0) is 12.7. The van der Waals surface area contributed by atoms with Gasteiger partial charge in [-0.1, -0.05) is 38.1 Å². The molecule has 1 N–H and O–H groups in total. The minimum absolute atomic E-state index is 0.403. The predicted molar refractivity (Wildman–Crippen MR) is 73.3 cm³/mol. The Hall–Kier alpha value is -0.860. The van der Waals surface area contributed by atoms with Crippen LogP contribution in [0.5, 0.6) is 0 Å². The third kappa shape index (κ3) is 5.33. The molecule has 0 saturated carbocycles. The molecular weight excluding hydrogens is 210 g/mol. The van der Waals surface area contributed by atoms with Crippen LogP contribution in [0.25, 0.3) is 0 Å². The SMILES string of the molecule is CCOCC(C)NCc1ccc(C(C)C)cc1. The third-order valence-electron chi connectivity index (χ3n) is 2.87.